The third kappa shape index (κ3) is 4.70. The summed E-state index contributed by atoms with van der Waals surface area (Å²) in [6.45, 7) is -0.140. The number of hydrogen-bond donors (Lipinski definition) is 2. The molecule has 9 heteroatoms. The summed E-state index contributed by atoms with van der Waals surface area (Å²) in [6.07, 6.45) is -4.43. The fourth-order valence-corrected chi connectivity index (χ4v) is 1.83. The molecule has 2 aromatic carbocycles. The second-order valence-electron chi connectivity index (χ2n) is 4.78. The molecule has 0 saturated carbocycles. The maximum atomic E-state index is 12.4. The van der Waals surface area contributed by atoms with Crippen LogP contribution in [0.3, 0.4) is 0 Å². The summed E-state index contributed by atoms with van der Waals surface area (Å²) in [7, 11) is 0. The number of carbonyl (C=O) groups is 1. The highest BCUT2D eigenvalue weighted by atomic mass is 19.4. The molecule has 0 aliphatic carbocycles. The summed E-state index contributed by atoms with van der Waals surface area (Å²) in [6, 6.07) is 9.54. The Hall–Kier alpha value is -3.10. The normalized spacial score (nSPS) is 11.0. The molecule has 0 atom stereocenters. The molecule has 0 unspecified atom stereocenters. The van der Waals surface area contributed by atoms with Crippen molar-refractivity contribution in [1.82, 2.24) is 0 Å². The van der Waals surface area contributed by atoms with Gasteiger partial charge >= 0.3 is 6.18 Å². The van der Waals surface area contributed by atoms with E-state index in [-0.39, 0.29) is 17.9 Å². The third-order valence-electron chi connectivity index (χ3n) is 3.03. The van der Waals surface area contributed by atoms with Gasteiger partial charge in [0, 0.05) is 23.5 Å². The SMILES string of the molecule is O=C(CNc1ccc([N+](=O)[O-])cc1)Nc1ccc(C(F)(F)F)cc1. The minimum Gasteiger partial charge on any atom is -0.376 e. The quantitative estimate of drug-likeness (QED) is 0.643. The lowest BCUT2D eigenvalue weighted by molar-refractivity contribution is -0.384. The standard InChI is InChI=1S/C15H12F3N3O3/c16-15(17,18)10-1-3-12(4-2-10)20-14(22)9-19-11-5-7-13(8-6-11)21(23)24/h1-8,19H,9H2,(H,20,22). The highest BCUT2D eigenvalue weighted by Gasteiger charge is 2.29. The van der Waals surface area contributed by atoms with Crippen molar-refractivity contribution in [2.45, 2.75) is 6.18 Å². The van der Waals surface area contributed by atoms with E-state index in [2.05, 4.69) is 10.6 Å². The van der Waals surface area contributed by atoms with Crippen LogP contribution >= 0.6 is 0 Å². The zero-order valence-corrected chi connectivity index (χ0v) is 12.1. The number of non-ortho nitro benzene ring substituents is 1. The molecule has 0 fully saturated rings. The van der Waals surface area contributed by atoms with Gasteiger partial charge in [0.2, 0.25) is 5.91 Å². The van der Waals surface area contributed by atoms with Crippen LogP contribution in [0.5, 0.6) is 0 Å². The molecule has 0 aliphatic heterocycles. The van der Waals surface area contributed by atoms with Crippen molar-refractivity contribution in [2.24, 2.45) is 0 Å². The van der Waals surface area contributed by atoms with E-state index < -0.39 is 22.6 Å². The van der Waals surface area contributed by atoms with E-state index in [1.54, 1.807) is 0 Å². The van der Waals surface area contributed by atoms with Gasteiger partial charge < -0.3 is 10.6 Å². The van der Waals surface area contributed by atoms with Crippen molar-refractivity contribution >= 4 is 23.0 Å². The lowest BCUT2D eigenvalue weighted by Gasteiger charge is -2.10. The van der Waals surface area contributed by atoms with E-state index >= 15 is 0 Å². The number of hydrogen-bond acceptors (Lipinski definition) is 4. The molecule has 0 heterocycles. The maximum Gasteiger partial charge on any atom is 0.416 e. The molecule has 2 rings (SSSR count). The molecule has 2 aromatic rings. The number of nitrogens with one attached hydrogen (secondary N) is 2. The first-order valence-electron chi connectivity index (χ1n) is 6.71. The highest BCUT2D eigenvalue weighted by Crippen LogP contribution is 2.29. The van der Waals surface area contributed by atoms with Crippen LogP contribution in [-0.4, -0.2) is 17.4 Å². The Morgan fingerprint density at radius 1 is 1.00 bits per heavy atom. The van der Waals surface area contributed by atoms with Gasteiger partial charge in [-0.3, -0.25) is 14.9 Å². The van der Waals surface area contributed by atoms with Gasteiger partial charge in [0.05, 0.1) is 17.0 Å². The molecular weight excluding hydrogens is 327 g/mol. The van der Waals surface area contributed by atoms with Crippen LogP contribution in [0.15, 0.2) is 48.5 Å². The molecule has 0 saturated heterocycles. The van der Waals surface area contributed by atoms with E-state index in [4.69, 9.17) is 0 Å². The molecule has 1 amide bonds. The lowest BCUT2D eigenvalue weighted by atomic mass is 10.2. The summed E-state index contributed by atoms with van der Waals surface area (Å²) < 4.78 is 37.3. The topological polar surface area (TPSA) is 84.3 Å². The number of benzene rings is 2. The Kier molecular flexibility index (Phi) is 5.02. The van der Waals surface area contributed by atoms with Gasteiger partial charge in [-0.15, -0.1) is 0 Å². The summed E-state index contributed by atoms with van der Waals surface area (Å²) in [5.74, 6) is -0.465. The molecule has 0 spiro atoms. The third-order valence-corrected chi connectivity index (χ3v) is 3.03. The van der Waals surface area contributed by atoms with Crippen LogP contribution < -0.4 is 10.6 Å². The van der Waals surface area contributed by atoms with Crippen LogP contribution in [0.2, 0.25) is 0 Å². The van der Waals surface area contributed by atoms with E-state index in [1.807, 2.05) is 0 Å². The average Bonchev–Trinajstić information content (AvgIpc) is 2.53. The van der Waals surface area contributed by atoms with Crippen LogP contribution in [-0.2, 0) is 11.0 Å². The van der Waals surface area contributed by atoms with Gasteiger partial charge in [-0.1, -0.05) is 0 Å². The van der Waals surface area contributed by atoms with Crippen molar-refractivity contribution < 1.29 is 22.9 Å². The van der Waals surface area contributed by atoms with Gasteiger partial charge in [-0.25, -0.2) is 0 Å². The summed E-state index contributed by atoms with van der Waals surface area (Å²) >= 11 is 0. The second kappa shape index (κ2) is 6.99. The number of carbonyl (C=O) groups excluding carboxylic acids is 1. The van der Waals surface area contributed by atoms with Crippen molar-refractivity contribution in [3.8, 4) is 0 Å². The molecule has 0 bridgehead atoms. The monoisotopic (exact) mass is 339 g/mol. The second-order valence-corrected chi connectivity index (χ2v) is 4.78. The number of amides is 1. The molecule has 24 heavy (non-hydrogen) atoms. The van der Waals surface area contributed by atoms with Crippen LogP contribution in [0, 0.1) is 10.1 Å². The number of nitrogens with zero attached hydrogens (tertiary/aromatic N) is 1. The van der Waals surface area contributed by atoms with Gasteiger partial charge in [0.1, 0.15) is 0 Å². The summed E-state index contributed by atoms with van der Waals surface area (Å²) in [4.78, 5) is 21.7. The zero-order valence-electron chi connectivity index (χ0n) is 12.1. The Morgan fingerprint density at radius 3 is 2.04 bits per heavy atom. The highest BCUT2D eigenvalue weighted by molar-refractivity contribution is 5.93. The van der Waals surface area contributed by atoms with Crippen molar-refractivity contribution in [1.29, 1.82) is 0 Å². The zero-order chi connectivity index (χ0) is 17.7. The Morgan fingerprint density at radius 2 is 1.54 bits per heavy atom. The minimum absolute atomic E-state index is 0.0743. The molecule has 2 N–H and O–H groups in total. The van der Waals surface area contributed by atoms with Crippen molar-refractivity contribution in [3.05, 3.63) is 64.2 Å². The smallest absolute Gasteiger partial charge is 0.376 e. The van der Waals surface area contributed by atoms with E-state index in [0.717, 1.165) is 24.3 Å². The average molecular weight is 339 g/mol. The number of nitro benzene ring substituents is 1. The van der Waals surface area contributed by atoms with Gasteiger partial charge in [-0.2, -0.15) is 13.2 Å². The number of rotatable bonds is 5. The first kappa shape index (κ1) is 17.3. The van der Waals surface area contributed by atoms with Crippen LogP contribution in [0.25, 0.3) is 0 Å². The predicted molar refractivity (Wildman–Crippen MR) is 81.7 cm³/mol. The molecule has 0 aliphatic rings. The van der Waals surface area contributed by atoms with Gasteiger partial charge in [-0.05, 0) is 36.4 Å². The fraction of sp³-hybridized carbons (Fsp3) is 0.133. The van der Waals surface area contributed by atoms with Crippen LogP contribution in [0.4, 0.5) is 30.2 Å². The van der Waals surface area contributed by atoms with E-state index in [1.165, 1.54) is 24.3 Å². The first-order chi connectivity index (χ1) is 11.3. The molecule has 126 valence electrons. The molecule has 0 radical (unpaired) electrons. The lowest BCUT2D eigenvalue weighted by Crippen LogP contribution is -2.21. The predicted octanol–water partition coefficient (Wildman–Crippen LogP) is 3.66. The van der Waals surface area contributed by atoms with Crippen molar-refractivity contribution in [3.63, 3.8) is 0 Å². The maximum absolute atomic E-state index is 12.4. The molecule has 0 aromatic heterocycles. The van der Waals surface area contributed by atoms with Gasteiger partial charge in [0.15, 0.2) is 0 Å². The number of halogens is 3. The van der Waals surface area contributed by atoms with E-state index in [9.17, 15) is 28.1 Å². The Balaban J connectivity index is 1.88. The Labute approximate surface area is 134 Å². The summed E-state index contributed by atoms with van der Waals surface area (Å²) in [5, 5.41) is 15.7. The summed E-state index contributed by atoms with van der Waals surface area (Å²) in [5.41, 5.74) is -0.138. The van der Waals surface area contributed by atoms with E-state index in [0.29, 0.717) is 5.69 Å². The fourth-order valence-electron chi connectivity index (χ4n) is 1.83. The van der Waals surface area contributed by atoms with Crippen LogP contribution in [0.1, 0.15) is 5.56 Å². The number of nitro groups is 1. The van der Waals surface area contributed by atoms with Gasteiger partial charge in [0.25, 0.3) is 5.69 Å². The Bertz CT molecular complexity index is 728. The van der Waals surface area contributed by atoms with Crippen molar-refractivity contribution in [2.75, 3.05) is 17.2 Å². The first-order valence-corrected chi connectivity index (χ1v) is 6.71. The number of alkyl halides is 3. The minimum atomic E-state index is -4.43. The molecule has 6 nitrogen and oxygen atoms in total. The number of anilines is 2. The largest absolute Gasteiger partial charge is 0.416 e. The molecular formula is C15H12F3N3O3.